The molecular formula is C25H23ClN2O6. The van der Waals surface area contributed by atoms with E-state index in [-0.39, 0.29) is 18.7 Å². The van der Waals surface area contributed by atoms with Crippen LogP contribution in [0.25, 0.3) is 0 Å². The molecule has 176 valence electrons. The minimum absolute atomic E-state index is 0.0142. The first kappa shape index (κ1) is 23.7. The molecule has 2 aromatic rings. The van der Waals surface area contributed by atoms with Crippen LogP contribution in [-0.2, 0) is 41.7 Å². The molecule has 0 spiro atoms. The summed E-state index contributed by atoms with van der Waals surface area (Å²) in [6, 6.07) is 17.0. The number of hydrogen-bond acceptors (Lipinski definition) is 6. The van der Waals surface area contributed by atoms with Crippen LogP contribution in [0, 0.1) is 0 Å². The van der Waals surface area contributed by atoms with Crippen molar-refractivity contribution in [3.05, 3.63) is 83.1 Å². The predicted octanol–water partition coefficient (Wildman–Crippen LogP) is 2.75. The van der Waals surface area contributed by atoms with E-state index in [4.69, 9.17) is 21.1 Å². The Bertz CT molecular complexity index is 1150. The number of hydrogen-bond donors (Lipinski definition) is 0. The minimum atomic E-state index is -1.43. The third kappa shape index (κ3) is 4.47. The van der Waals surface area contributed by atoms with Gasteiger partial charge in [-0.15, -0.1) is 0 Å². The molecule has 3 unspecified atom stereocenters. The maximum Gasteiger partial charge on any atom is 0.355 e. The Morgan fingerprint density at radius 3 is 2.12 bits per heavy atom. The van der Waals surface area contributed by atoms with Crippen molar-refractivity contribution < 1.29 is 28.7 Å². The second-order valence-electron chi connectivity index (χ2n) is 8.21. The van der Waals surface area contributed by atoms with Gasteiger partial charge in [0.25, 0.3) is 11.1 Å². The number of fused-ring (bicyclic) bond motifs is 1. The fraction of sp³-hybridized carbons (Fsp3) is 0.280. The zero-order valence-electron chi connectivity index (χ0n) is 18.6. The molecule has 4 rings (SSSR count). The van der Waals surface area contributed by atoms with Crippen LogP contribution in [0.4, 0.5) is 0 Å². The van der Waals surface area contributed by atoms with E-state index in [2.05, 4.69) is 0 Å². The molecule has 2 amide bonds. The maximum absolute atomic E-state index is 13.2. The highest BCUT2D eigenvalue weighted by Gasteiger charge is 2.63. The predicted molar refractivity (Wildman–Crippen MR) is 122 cm³/mol. The number of halogens is 1. The SMILES string of the molecule is CC(C)=C(C(=O)OCc1ccccc1)N1C(=O)C2C1OC(C(=O)Cl)N2C(=O)Cc1ccccc1. The van der Waals surface area contributed by atoms with Crippen molar-refractivity contribution >= 4 is 34.6 Å². The van der Waals surface area contributed by atoms with Gasteiger partial charge in [0, 0.05) is 0 Å². The van der Waals surface area contributed by atoms with Gasteiger partial charge in [-0.05, 0) is 42.1 Å². The van der Waals surface area contributed by atoms with E-state index in [1.807, 2.05) is 36.4 Å². The van der Waals surface area contributed by atoms with Crippen LogP contribution in [0.5, 0.6) is 0 Å². The fourth-order valence-electron chi connectivity index (χ4n) is 4.07. The van der Waals surface area contributed by atoms with Gasteiger partial charge in [0.15, 0.2) is 12.3 Å². The van der Waals surface area contributed by atoms with E-state index < -0.39 is 41.5 Å². The van der Waals surface area contributed by atoms with Gasteiger partial charge in [-0.2, -0.15) is 0 Å². The lowest BCUT2D eigenvalue weighted by Crippen LogP contribution is -2.68. The molecule has 0 N–H and O–H groups in total. The van der Waals surface area contributed by atoms with Crippen LogP contribution in [-0.4, -0.2) is 51.3 Å². The van der Waals surface area contributed by atoms with E-state index in [0.717, 1.165) is 20.9 Å². The Balaban J connectivity index is 1.53. The third-order valence-corrected chi connectivity index (χ3v) is 5.82. The molecule has 0 bridgehead atoms. The summed E-state index contributed by atoms with van der Waals surface area (Å²) < 4.78 is 11.1. The van der Waals surface area contributed by atoms with Crippen LogP contribution < -0.4 is 0 Å². The molecule has 2 aromatic carbocycles. The van der Waals surface area contributed by atoms with Crippen molar-refractivity contribution in [2.75, 3.05) is 0 Å². The summed E-state index contributed by atoms with van der Waals surface area (Å²) in [5.74, 6) is -1.72. The summed E-state index contributed by atoms with van der Waals surface area (Å²) in [6.45, 7) is 3.35. The number of carbonyl (C=O) groups is 4. The lowest BCUT2D eigenvalue weighted by Gasteiger charge is -2.43. The minimum Gasteiger partial charge on any atom is -0.456 e. The second-order valence-corrected chi connectivity index (χ2v) is 8.58. The lowest BCUT2D eigenvalue weighted by atomic mass is 10.00. The van der Waals surface area contributed by atoms with E-state index in [9.17, 15) is 19.2 Å². The van der Waals surface area contributed by atoms with Crippen molar-refractivity contribution in [1.29, 1.82) is 0 Å². The highest BCUT2D eigenvalue weighted by atomic mass is 35.5. The number of β-lactam (4-membered cyclic amide) rings is 1. The molecule has 9 heteroatoms. The average molecular weight is 483 g/mol. The molecule has 2 aliphatic rings. The van der Waals surface area contributed by atoms with Gasteiger partial charge in [0.05, 0.1) is 6.42 Å². The number of rotatable bonds is 7. The zero-order valence-corrected chi connectivity index (χ0v) is 19.4. The number of amides is 2. The van der Waals surface area contributed by atoms with E-state index in [1.54, 1.807) is 38.1 Å². The Labute approximate surface area is 201 Å². The van der Waals surface area contributed by atoms with Crippen LogP contribution in [0.3, 0.4) is 0 Å². The quantitative estimate of drug-likeness (QED) is 0.261. The number of benzene rings is 2. The molecule has 2 aliphatic heterocycles. The molecule has 2 heterocycles. The standard InChI is InChI=1S/C25H23ClN2O6/c1-15(2)19(25(32)33-14-17-11-7-4-8-12-17)28-22(31)20-23(28)34-24(21(26)30)27(20)18(29)13-16-9-5-3-6-10-16/h3-12,20,23-24H,13-14H2,1-2H3. The van der Waals surface area contributed by atoms with Crippen molar-refractivity contribution in [3.8, 4) is 0 Å². The summed E-state index contributed by atoms with van der Waals surface area (Å²) in [7, 11) is 0. The highest BCUT2D eigenvalue weighted by molar-refractivity contribution is 6.64. The van der Waals surface area contributed by atoms with Crippen LogP contribution in [0.1, 0.15) is 25.0 Å². The van der Waals surface area contributed by atoms with Gasteiger partial charge in [0.2, 0.25) is 12.1 Å². The van der Waals surface area contributed by atoms with Crippen molar-refractivity contribution in [2.45, 2.75) is 45.4 Å². The summed E-state index contributed by atoms with van der Waals surface area (Å²) in [6.07, 6.45) is -2.48. The molecule has 0 saturated carbocycles. The zero-order chi connectivity index (χ0) is 24.4. The maximum atomic E-state index is 13.2. The van der Waals surface area contributed by atoms with E-state index in [0.29, 0.717) is 5.57 Å². The molecule has 2 fully saturated rings. The topological polar surface area (TPSA) is 93.2 Å². The summed E-state index contributed by atoms with van der Waals surface area (Å²) >= 11 is 5.71. The fourth-order valence-corrected chi connectivity index (χ4v) is 4.22. The first-order valence-electron chi connectivity index (χ1n) is 10.7. The summed E-state index contributed by atoms with van der Waals surface area (Å²) in [5.41, 5.74) is 2.05. The first-order valence-corrected chi connectivity index (χ1v) is 11.1. The number of carbonyl (C=O) groups excluding carboxylic acids is 4. The molecule has 2 saturated heterocycles. The van der Waals surface area contributed by atoms with Gasteiger partial charge >= 0.3 is 5.97 Å². The molecule has 0 aliphatic carbocycles. The highest BCUT2D eigenvalue weighted by Crippen LogP contribution is 2.40. The largest absolute Gasteiger partial charge is 0.456 e. The van der Waals surface area contributed by atoms with Crippen LogP contribution in [0.15, 0.2) is 71.9 Å². The molecule has 0 aromatic heterocycles. The summed E-state index contributed by atoms with van der Waals surface area (Å²) in [5, 5.41) is -0.922. The van der Waals surface area contributed by atoms with Gasteiger partial charge in [0.1, 0.15) is 12.3 Å². The average Bonchev–Trinajstić information content (AvgIpc) is 3.18. The first-order chi connectivity index (χ1) is 16.3. The Morgan fingerprint density at radius 1 is 0.971 bits per heavy atom. The molecule has 3 atom stereocenters. The van der Waals surface area contributed by atoms with Gasteiger partial charge in [-0.25, -0.2) is 4.79 Å². The van der Waals surface area contributed by atoms with Crippen molar-refractivity contribution in [1.82, 2.24) is 9.80 Å². The van der Waals surface area contributed by atoms with Crippen LogP contribution >= 0.6 is 11.6 Å². The molecule has 0 radical (unpaired) electrons. The van der Waals surface area contributed by atoms with Gasteiger partial charge in [-0.3, -0.25) is 24.2 Å². The lowest BCUT2D eigenvalue weighted by molar-refractivity contribution is -0.171. The molecule has 8 nitrogen and oxygen atoms in total. The van der Waals surface area contributed by atoms with Gasteiger partial charge < -0.3 is 9.47 Å². The van der Waals surface area contributed by atoms with Crippen molar-refractivity contribution in [3.63, 3.8) is 0 Å². The number of ether oxygens (including phenoxy) is 2. The summed E-state index contributed by atoms with van der Waals surface area (Å²) in [4.78, 5) is 53.3. The smallest absolute Gasteiger partial charge is 0.355 e. The number of allylic oxidation sites excluding steroid dienone is 1. The second kappa shape index (κ2) is 9.79. The number of esters is 1. The Hall–Kier alpha value is -3.49. The molecule has 34 heavy (non-hydrogen) atoms. The number of likely N-dealkylation sites (tertiary alicyclic amines) is 1. The van der Waals surface area contributed by atoms with Crippen molar-refractivity contribution in [2.24, 2.45) is 0 Å². The monoisotopic (exact) mass is 482 g/mol. The Morgan fingerprint density at radius 2 is 1.56 bits per heavy atom. The van der Waals surface area contributed by atoms with E-state index >= 15 is 0 Å². The molecular weight excluding hydrogens is 460 g/mol. The van der Waals surface area contributed by atoms with Crippen LogP contribution in [0.2, 0.25) is 0 Å². The number of nitrogens with zero attached hydrogens (tertiary/aromatic N) is 2. The Kier molecular flexibility index (Phi) is 6.81. The van der Waals surface area contributed by atoms with Gasteiger partial charge in [-0.1, -0.05) is 60.7 Å². The normalized spacial score (nSPS) is 20.9. The van der Waals surface area contributed by atoms with E-state index in [1.165, 1.54) is 0 Å². The third-order valence-electron chi connectivity index (χ3n) is 5.64.